The molecule has 1 unspecified atom stereocenters. The van der Waals surface area contributed by atoms with Gasteiger partial charge in [-0.3, -0.25) is 0 Å². The van der Waals surface area contributed by atoms with E-state index in [-0.39, 0.29) is 6.10 Å². The third kappa shape index (κ3) is 4.61. The minimum Gasteiger partial charge on any atom is -0.389 e. The summed E-state index contributed by atoms with van der Waals surface area (Å²) in [6.45, 7) is 5.53. The molecule has 0 heterocycles. The number of rotatable bonds is 6. The van der Waals surface area contributed by atoms with Crippen LogP contribution in [0, 0.1) is 0 Å². The molecule has 0 bridgehead atoms. The minimum atomic E-state index is 0.189. The van der Waals surface area contributed by atoms with Crippen LogP contribution in [0.4, 0.5) is 5.69 Å². The lowest BCUT2D eigenvalue weighted by molar-refractivity contribution is 0.0855. The van der Waals surface area contributed by atoms with Crippen molar-refractivity contribution in [2.45, 2.75) is 20.0 Å². The maximum atomic E-state index is 5.59. The molecule has 5 heteroatoms. The summed E-state index contributed by atoms with van der Waals surface area (Å²) in [4.78, 5) is 0.395. The first-order valence-corrected chi connectivity index (χ1v) is 6.69. The van der Waals surface area contributed by atoms with E-state index >= 15 is 0 Å². The largest absolute Gasteiger partial charge is 0.389 e. The van der Waals surface area contributed by atoms with Crippen molar-refractivity contribution in [3.63, 3.8) is 0 Å². The molecule has 0 aromatic heterocycles. The van der Waals surface area contributed by atoms with Crippen LogP contribution in [-0.4, -0.2) is 24.2 Å². The van der Waals surface area contributed by atoms with Gasteiger partial charge in [-0.1, -0.05) is 12.2 Å². The van der Waals surface area contributed by atoms with E-state index < -0.39 is 0 Å². The van der Waals surface area contributed by atoms with E-state index in [4.69, 9.17) is 22.7 Å². The Morgan fingerprint density at radius 2 is 2.29 bits per heavy atom. The number of ether oxygens (including phenoxy) is 1. The van der Waals surface area contributed by atoms with Crippen molar-refractivity contribution in [3.8, 4) is 0 Å². The minimum absolute atomic E-state index is 0.189. The number of benzene rings is 1. The second kappa shape index (κ2) is 6.93. The fourth-order valence-corrected chi connectivity index (χ4v) is 2.33. The van der Waals surface area contributed by atoms with E-state index in [0.29, 0.717) is 4.99 Å². The Kier molecular flexibility index (Phi) is 5.88. The molecule has 0 aliphatic heterocycles. The molecule has 0 amide bonds. The lowest BCUT2D eigenvalue weighted by Gasteiger charge is -2.14. The van der Waals surface area contributed by atoms with Gasteiger partial charge in [0.15, 0.2) is 0 Å². The van der Waals surface area contributed by atoms with Crippen molar-refractivity contribution in [1.82, 2.24) is 0 Å². The first-order chi connectivity index (χ1) is 8.04. The lowest BCUT2D eigenvalue weighted by Crippen LogP contribution is -2.19. The smallest absolute Gasteiger partial charge is 0.105 e. The molecule has 0 spiro atoms. The van der Waals surface area contributed by atoms with Gasteiger partial charge in [0.05, 0.1) is 6.10 Å². The van der Waals surface area contributed by atoms with E-state index in [2.05, 4.69) is 21.2 Å². The molecule has 0 radical (unpaired) electrons. The van der Waals surface area contributed by atoms with E-state index in [1.54, 1.807) is 0 Å². The zero-order valence-corrected chi connectivity index (χ0v) is 12.4. The topological polar surface area (TPSA) is 47.3 Å². The Morgan fingerprint density at radius 3 is 2.82 bits per heavy atom. The van der Waals surface area contributed by atoms with Crippen LogP contribution in [0.1, 0.15) is 19.4 Å². The molecule has 0 saturated heterocycles. The summed E-state index contributed by atoms with van der Waals surface area (Å²) in [6, 6.07) is 5.82. The van der Waals surface area contributed by atoms with Gasteiger partial charge in [0.2, 0.25) is 0 Å². The van der Waals surface area contributed by atoms with Gasteiger partial charge in [0, 0.05) is 28.9 Å². The van der Waals surface area contributed by atoms with Gasteiger partial charge >= 0.3 is 0 Å². The second-order valence-electron chi connectivity index (χ2n) is 3.71. The molecule has 3 N–H and O–H groups in total. The predicted molar refractivity (Wildman–Crippen MR) is 79.6 cm³/mol. The Morgan fingerprint density at radius 1 is 1.59 bits per heavy atom. The molecule has 3 nitrogen and oxygen atoms in total. The van der Waals surface area contributed by atoms with Crippen LogP contribution in [0.25, 0.3) is 0 Å². The Labute approximate surface area is 116 Å². The van der Waals surface area contributed by atoms with E-state index in [9.17, 15) is 0 Å². The highest BCUT2D eigenvalue weighted by Crippen LogP contribution is 2.21. The molecule has 1 rings (SSSR count). The Bertz CT molecular complexity index is 398. The zero-order valence-electron chi connectivity index (χ0n) is 10.00. The fourth-order valence-electron chi connectivity index (χ4n) is 1.43. The third-order valence-electron chi connectivity index (χ3n) is 2.28. The van der Waals surface area contributed by atoms with Gasteiger partial charge in [-0.05, 0) is 48.0 Å². The molecule has 1 atom stereocenters. The van der Waals surface area contributed by atoms with Crippen LogP contribution in [0.5, 0.6) is 0 Å². The highest BCUT2D eigenvalue weighted by atomic mass is 79.9. The summed E-state index contributed by atoms with van der Waals surface area (Å²) in [5.41, 5.74) is 7.45. The SMILES string of the molecule is CCOC(C)CNc1ccc(C(N)=S)c(Br)c1. The van der Waals surface area contributed by atoms with Crippen LogP contribution in [-0.2, 0) is 4.74 Å². The number of thiocarbonyl (C=S) groups is 1. The molecule has 0 saturated carbocycles. The molecular formula is C12H17BrN2OS. The van der Waals surface area contributed by atoms with Crippen molar-refractivity contribution in [2.24, 2.45) is 5.73 Å². The molecule has 0 aliphatic carbocycles. The van der Waals surface area contributed by atoms with Crippen LogP contribution in [0.3, 0.4) is 0 Å². The van der Waals surface area contributed by atoms with Crippen LogP contribution in [0.15, 0.2) is 22.7 Å². The third-order valence-corrected chi connectivity index (χ3v) is 3.16. The maximum absolute atomic E-state index is 5.59. The second-order valence-corrected chi connectivity index (χ2v) is 5.00. The first-order valence-electron chi connectivity index (χ1n) is 5.49. The molecule has 1 aromatic rings. The number of nitrogens with one attached hydrogen (secondary N) is 1. The fraction of sp³-hybridized carbons (Fsp3) is 0.417. The van der Waals surface area contributed by atoms with Gasteiger partial charge in [-0.15, -0.1) is 0 Å². The van der Waals surface area contributed by atoms with Crippen molar-refractivity contribution in [3.05, 3.63) is 28.2 Å². The summed E-state index contributed by atoms with van der Waals surface area (Å²) in [7, 11) is 0. The Balaban J connectivity index is 2.62. The van der Waals surface area contributed by atoms with Crippen molar-refractivity contribution < 1.29 is 4.74 Å². The maximum Gasteiger partial charge on any atom is 0.105 e. The number of nitrogens with two attached hydrogens (primary N) is 1. The number of hydrogen-bond donors (Lipinski definition) is 2. The number of hydrogen-bond acceptors (Lipinski definition) is 3. The van der Waals surface area contributed by atoms with Gasteiger partial charge < -0.3 is 15.8 Å². The quantitative estimate of drug-likeness (QED) is 0.792. The van der Waals surface area contributed by atoms with Crippen molar-refractivity contribution >= 4 is 38.8 Å². The monoisotopic (exact) mass is 316 g/mol. The highest BCUT2D eigenvalue weighted by Gasteiger charge is 2.05. The number of halogens is 1. The molecule has 0 aliphatic rings. The Hall–Kier alpha value is -0.650. The van der Waals surface area contributed by atoms with Gasteiger partial charge in [0.1, 0.15) is 4.99 Å². The number of anilines is 1. The first kappa shape index (κ1) is 14.4. The van der Waals surface area contributed by atoms with Crippen molar-refractivity contribution in [1.29, 1.82) is 0 Å². The normalized spacial score (nSPS) is 12.2. The van der Waals surface area contributed by atoms with E-state index in [1.165, 1.54) is 0 Å². The van der Waals surface area contributed by atoms with Gasteiger partial charge in [0.25, 0.3) is 0 Å². The average molecular weight is 317 g/mol. The zero-order chi connectivity index (χ0) is 12.8. The molecule has 1 aromatic carbocycles. The summed E-state index contributed by atoms with van der Waals surface area (Å²) in [5.74, 6) is 0. The molecule has 94 valence electrons. The molecule has 0 fully saturated rings. The molecule has 17 heavy (non-hydrogen) atoms. The lowest BCUT2D eigenvalue weighted by atomic mass is 10.2. The predicted octanol–water partition coefficient (Wildman–Crippen LogP) is 2.92. The van der Waals surface area contributed by atoms with E-state index in [1.807, 2.05) is 32.0 Å². The van der Waals surface area contributed by atoms with Crippen LogP contribution < -0.4 is 11.1 Å². The summed E-state index contributed by atoms with van der Waals surface area (Å²) in [5, 5.41) is 3.30. The highest BCUT2D eigenvalue weighted by molar-refractivity contribution is 9.10. The standard InChI is InChI=1S/C12H17BrN2OS/c1-3-16-8(2)7-15-9-4-5-10(12(14)17)11(13)6-9/h4-6,8,15H,3,7H2,1-2H3,(H2,14,17). The van der Waals surface area contributed by atoms with Gasteiger partial charge in [-0.2, -0.15) is 0 Å². The van der Waals surface area contributed by atoms with E-state index in [0.717, 1.165) is 28.9 Å². The van der Waals surface area contributed by atoms with Crippen LogP contribution >= 0.6 is 28.1 Å². The van der Waals surface area contributed by atoms with Gasteiger partial charge in [-0.25, -0.2) is 0 Å². The summed E-state index contributed by atoms with van der Waals surface area (Å²) < 4.78 is 6.34. The van der Waals surface area contributed by atoms with Crippen LogP contribution in [0.2, 0.25) is 0 Å². The molecular weight excluding hydrogens is 300 g/mol. The average Bonchev–Trinajstić information content (AvgIpc) is 2.26. The summed E-state index contributed by atoms with van der Waals surface area (Å²) in [6.07, 6.45) is 0.189. The van der Waals surface area contributed by atoms with Crippen molar-refractivity contribution in [2.75, 3.05) is 18.5 Å². The summed E-state index contributed by atoms with van der Waals surface area (Å²) >= 11 is 8.39.